The molecule has 0 spiro atoms. The van der Waals surface area contributed by atoms with E-state index in [1.807, 2.05) is 0 Å². The van der Waals surface area contributed by atoms with Crippen molar-refractivity contribution < 1.29 is 0 Å². The minimum atomic E-state index is -0.535. The Morgan fingerprint density at radius 2 is 0.692 bits per heavy atom. The molecule has 2 aliphatic rings. The minimum Gasteiger partial charge on any atom is -0.311 e. The summed E-state index contributed by atoms with van der Waals surface area (Å²) in [7, 11) is 0. The summed E-state index contributed by atoms with van der Waals surface area (Å²) in [5.74, 6) is 0. The second kappa shape index (κ2) is 15.6. The van der Waals surface area contributed by atoms with Crippen LogP contribution in [0.4, 0.5) is 34.1 Å². The Morgan fingerprint density at radius 1 is 0.323 bits per heavy atom. The fourth-order valence-electron chi connectivity index (χ4n) is 10.7. The lowest BCUT2D eigenvalue weighted by molar-refractivity contribution is 0.590. The summed E-state index contributed by atoms with van der Waals surface area (Å²) >= 11 is 0. The Hall–Kier alpha value is -6.58. The van der Waals surface area contributed by atoms with Crippen LogP contribution in [0.25, 0.3) is 0 Å². The van der Waals surface area contributed by atoms with E-state index in [0.29, 0.717) is 0 Å². The number of aryl methyl sites for hydroxylation is 1. The molecule has 0 saturated heterocycles. The Kier molecular flexibility index (Phi) is 10.1. The highest BCUT2D eigenvalue weighted by molar-refractivity contribution is 7.00. The van der Waals surface area contributed by atoms with E-state index in [9.17, 15) is 0 Å². The molecule has 0 radical (unpaired) electrons. The summed E-state index contributed by atoms with van der Waals surface area (Å²) in [6.07, 6.45) is 0. The van der Waals surface area contributed by atoms with E-state index < -0.39 is 5.41 Å². The normalized spacial score (nSPS) is 13.6. The third-order valence-corrected chi connectivity index (χ3v) is 14.1. The quantitative estimate of drug-likeness (QED) is 0.122. The average Bonchev–Trinajstić information content (AvgIpc) is 3.29. The maximum atomic E-state index is 2.58. The van der Waals surface area contributed by atoms with Gasteiger partial charge in [-0.2, -0.15) is 0 Å². The van der Waals surface area contributed by atoms with E-state index in [4.69, 9.17) is 0 Å². The van der Waals surface area contributed by atoms with Gasteiger partial charge in [-0.25, -0.2) is 0 Å². The molecule has 0 fully saturated rings. The van der Waals surface area contributed by atoms with Gasteiger partial charge in [0, 0.05) is 34.1 Å². The van der Waals surface area contributed by atoms with Gasteiger partial charge in [-0.3, -0.25) is 0 Å². The lowest BCUT2D eigenvalue weighted by atomic mass is 9.33. The van der Waals surface area contributed by atoms with E-state index in [2.05, 4.69) is 267 Å². The Balaban J connectivity index is 1.24. The van der Waals surface area contributed by atoms with Crippen molar-refractivity contribution in [3.05, 3.63) is 233 Å². The zero-order valence-electron chi connectivity index (χ0n) is 39.9. The predicted octanol–water partition coefficient (Wildman–Crippen LogP) is 14.4. The smallest absolute Gasteiger partial charge is 0.252 e. The van der Waals surface area contributed by atoms with Gasteiger partial charge >= 0.3 is 0 Å². The van der Waals surface area contributed by atoms with Crippen molar-refractivity contribution in [1.82, 2.24) is 0 Å². The van der Waals surface area contributed by atoms with E-state index in [0.717, 1.165) is 5.69 Å². The van der Waals surface area contributed by atoms with E-state index in [-0.39, 0.29) is 23.0 Å². The summed E-state index contributed by atoms with van der Waals surface area (Å²) in [5.41, 5.74) is 20.9. The number of rotatable bonds is 6. The average molecular weight is 845 g/mol. The fourth-order valence-corrected chi connectivity index (χ4v) is 10.7. The Bertz CT molecular complexity index is 2940. The van der Waals surface area contributed by atoms with Gasteiger partial charge in [-0.15, -0.1) is 0 Å². The van der Waals surface area contributed by atoms with E-state index in [1.165, 1.54) is 89.3 Å². The predicted molar refractivity (Wildman–Crippen MR) is 280 cm³/mol. The van der Waals surface area contributed by atoms with Crippen molar-refractivity contribution in [2.24, 2.45) is 0 Å². The summed E-state index contributed by atoms with van der Waals surface area (Å²) in [4.78, 5) is 5.15. The fraction of sp³-hybridized carbons (Fsp3) is 0.226. The SMILES string of the molecule is Cc1cc2c3c(c1)N(c1cccc(C(C)(C)C)c1)c1cc(C(C)(C)C)ccc1B3c1ccc(C(C)(C)C)cc1N2c1ccc(C(c2ccccc2)(c2ccccc2)c2ccccc2)cc1. The number of benzene rings is 8. The molecule has 2 nitrogen and oxygen atoms in total. The van der Waals surface area contributed by atoms with Gasteiger partial charge < -0.3 is 9.80 Å². The maximum absolute atomic E-state index is 2.58. The molecule has 65 heavy (non-hydrogen) atoms. The summed E-state index contributed by atoms with van der Waals surface area (Å²) in [6.45, 7) is 23.2. The first-order chi connectivity index (χ1) is 31.0. The van der Waals surface area contributed by atoms with Gasteiger partial charge in [0.05, 0.1) is 5.41 Å². The van der Waals surface area contributed by atoms with Crippen LogP contribution in [0.15, 0.2) is 188 Å². The van der Waals surface area contributed by atoms with Crippen LogP contribution in [0.5, 0.6) is 0 Å². The highest BCUT2D eigenvalue weighted by Crippen LogP contribution is 2.49. The molecular formula is C62H61BN2. The van der Waals surface area contributed by atoms with Gasteiger partial charge in [0.15, 0.2) is 0 Å². The number of hydrogen-bond acceptors (Lipinski definition) is 2. The second-order valence-corrected chi connectivity index (χ2v) is 21.6. The third-order valence-electron chi connectivity index (χ3n) is 14.1. The van der Waals surface area contributed by atoms with Crippen molar-refractivity contribution in [2.45, 2.75) is 90.9 Å². The molecule has 2 heterocycles. The van der Waals surface area contributed by atoms with Crippen molar-refractivity contribution >= 4 is 57.2 Å². The summed E-state index contributed by atoms with van der Waals surface area (Å²) in [6, 6.07) is 71.4. The Morgan fingerprint density at radius 3 is 1.12 bits per heavy atom. The lowest BCUT2D eigenvalue weighted by Gasteiger charge is -2.45. The van der Waals surface area contributed by atoms with Crippen molar-refractivity contribution in [3.8, 4) is 0 Å². The van der Waals surface area contributed by atoms with Gasteiger partial charge in [0.25, 0.3) is 6.71 Å². The van der Waals surface area contributed by atoms with Crippen molar-refractivity contribution in [2.75, 3.05) is 9.80 Å². The van der Waals surface area contributed by atoms with E-state index >= 15 is 0 Å². The molecule has 0 aliphatic carbocycles. The van der Waals surface area contributed by atoms with Crippen LogP contribution in [0.2, 0.25) is 0 Å². The summed E-state index contributed by atoms with van der Waals surface area (Å²) < 4.78 is 0. The van der Waals surface area contributed by atoms with Crippen LogP contribution in [-0.2, 0) is 21.7 Å². The van der Waals surface area contributed by atoms with Crippen molar-refractivity contribution in [1.29, 1.82) is 0 Å². The highest BCUT2D eigenvalue weighted by Gasteiger charge is 2.45. The van der Waals surface area contributed by atoms with Crippen LogP contribution in [0.3, 0.4) is 0 Å². The van der Waals surface area contributed by atoms with Crippen LogP contribution >= 0.6 is 0 Å². The molecule has 8 aromatic rings. The minimum absolute atomic E-state index is 0.00222. The monoisotopic (exact) mass is 844 g/mol. The first kappa shape index (κ1) is 42.4. The molecule has 322 valence electrons. The molecule has 0 unspecified atom stereocenters. The van der Waals surface area contributed by atoms with Crippen LogP contribution in [-0.4, -0.2) is 6.71 Å². The largest absolute Gasteiger partial charge is 0.311 e. The van der Waals surface area contributed by atoms with Gasteiger partial charge in [0.1, 0.15) is 0 Å². The molecule has 10 rings (SSSR count). The molecule has 2 aliphatic heterocycles. The molecule has 3 heteroatoms. The molecule has 0 atom stereocenters. The van der Waals surface area contributed by atoms with Gasteiger partial charge in [-0.1, -0.05) is 202 Å². The van der Waals surface area contributed by atoms with Crippen molar-refractivity contribution in [3.63, 3.8) is 0 Å². The molecule has 0 aromatic heterocycles. The lowest BCUT2D eigenvalue weighted by Crippen LogP contribution is -2.61. The zero-order chi connectivity index (χ0) is 45.5. The second-order valence-electron chi connectivity index (χ2n) is 21.6. The Labute approximate surface area is 388 Å². The topological polar surface area (TPSA) is 6.48 Å². The first-order valence-corrected chi connectivity index (χ1v) is 23.5. The van der Waals surface area contributed by atoms with Gasteiger partial charge in [0.2, 0.25) is 0 Å². The molecule has 8 aromatic carbocycles. The zero-order valence-corrected chi connectivity index (χ0v) is 39.9. The molecule has 0 bridgehead atoms. The molecule has 0 N–H and O–H groups in total. The number of hydrogen-bond donors (Lipinski definition) is 0. The molecule has 0 saturated carbocycles. The standard InChI is InChI=1S/C62H61BN2/c1-42-37-56-58-57(38-42)65(51-28-20-27-47(39-51)59(2,3)4)55-41-49(61(8,9)10)32-36-53(55)63(58)52-35-31-48(60(5,6)7)40-54(52)64(56)50-33-29-46(30-34-50)62(43-21-14-11-15-22-43,44-23-16-12-17-24-44)45-25-18-13-19-26-45/h11-41H,1-10H3. The third kappa shape index (κ3) is 7.12. The first-order valence-electron chi connectivity index (χ1n) is 23.5. The number of nitrogens with zero attached hydrogens (tertiary/aromatic N) is 2. The van der Waals surface area contributed by atoms with E-state index in [1.54, 1.807) is 0 Å². The van der Waals surface area contributed by atoms with Crippen LogP contribution < -0.4 is 26.2 Å². The van der Waals surface area contributed by atoms with Crippen LogP contribution in [0, 0.1) is 6.92 Å². The number of anilines is 6. The highest BCUT2D eigenvalue weighted by atomic mass is 15.2. The van der Waals surface area contributed by atoms with Crippen LogP contribution in [0.1, 0.15) is 107 Å². The van der Waals surface area contributed by atoms with Gasteiger partial charge in [-0.05, 0) is 133 Å². The molecular weight excluding hydrogens is 784 g/mol. The molecule has 0 amide bonds. The number of fused-ring (bicyclic) bond motifs is 4. The maximum Gasteiger partial charge on any atom is 0.252 e. The summed E-state index contributed by atoms with van der Waals surface area (Å²) in [5, 5.41) is 0.